The fraction of sp³-hybridized carbons (Fsp3) is 0.700. The van der Waals surface area contributed by atoms with Gasteiger partial charge in [0.05, 0.1) is 0 Å². The van der Waals surface area contributed by atoms with Gasteiger partial charge in [-0.25, -0.2) is 0 Å². The molecule has 1 N–H and O–H groups in total. The van der Waals surface area contributed by atoms with Crippen LogP contribution in [0.2, 0.25) is 0 Å². The van der Waals surface area contributed by atoms with Crippen molar-refractivity contribution in [3.8, 4) is 0 Å². The largest absolute Gasteiger partial charge is 0.481 e. The molecule has 1 atom stereocenters. The van der Waals surface area contributed by atoms with Gasteiger partial charge in [-0.15, -0.1) is 10.2 Å². The highest BCUT2D eigenvalue weighted by atomic mass is 32.1. The molecular weight excluding hydrogens is 226 g/mol. The predicted octanol–water partition coefficient (Wildman–Crippen LogP) is 1.76. The lowest BCUT2D eigenvalue weighted by Crippen LogP contribution is -2.39. The van der Waals surface area contributed by atoms with Crippen LogP contribution in [0.1, 0.15) is 32.1 Å². The Labute approximate surface area is 98.1 Å². The maximum atomic E-state index is 10.6. The second-order valence-electron chi connectivity index (χ2n) is 4.00. The van der Waals surface area contributed by atoms with Crippen LogP contribution in [0, 0.1) is 0 Å². The highest BCUT2D eigenvalue weighted by molar-refractivity contribution is 7.13. The first-order valence-corrected chi connectivity index (χ1v) is 6.40. The first kappa shape index (κ1) is 11.3. The summed E-state index contributed by atoms with van der Waals surface area (Å²) in [5.41, 5.74) is 1.72. The van der Waals surface area contributed by atoms with Crippen molar-refractivity contribution in [1.82, 2.24) is 10.2 Å². The molecule has 0 aromatic carbocycles. The molecule has 0 saturated carbocycles. The summed E-state index contributed by atoms with van der Waals surface area (Å²) < 4.78 is 0. The molecular formula is C10H15N3O2S. The minimum absolute atomic E-state index is 0.236. The molecule has 16 heavy (non-hydrogen) atoms. The van der Waals surface area contributed by atoms with E-state index in [-0.39, 0.29) is 6.42 Å². The minimum atomic E-state index is -0.720. The molecule has 88 valence electrons. The van der Waals surface area contributed by atoms with Gasteiger partial charge >= 0.3 is 5.97 Å². The second-order valence-corrected chi connectivity index (χ2v) is 4.81. The van der Waals surface area contributed by atoms with E-state index in [2.05, 4.69) is 15.1 Å². The number of carbonyl (C=O) groups is 1. The van der Waals surface area contributed by atoms with E-state index < -0.39 is 5.97 Å². The van der Waals surface area contributed by atoms with E-state index in [1.54, 1.807) is 5.51 Å². The Morgan fingerprint density at radius 3 is 3.19 bits per heavy atom. The van der Waals surface area contributed by atoms with Gasteiger partial charge in [-0.05, 0) is 25.7 Å². The molecule has 1 aliphatic rings. The number of hydrogen-bond donors (Lipinski definition) is 1. The lowest BCUT2D eigenvalue weighted by Gasteiger charge is -2.35. The third-order valence-electron chi connectivity index (χ3n) is 2.91. The number of nitrogens with zero attached hydrogens (tertiary/aromatic N) is 3. The summed E-state index contributed by atoms with van der Waals surface area (Å²) >= 11 is 1.52. The third kappa shape index (κ3) is 2.69. The first-order chi connectivity index (χ1) is 7.77. The minimum Gasteiger partial charge on any atom is -0.481 e. The van der Waals surface area contributed by atoms with Crippen molar-refractivity contribution < 1.29 is 9.90 Å². The van der Waals surface area contributed by atoms with Crippen LogP contribution in [0.5, 0.6) is 0 Å². The fourth-order valence-electron chi connectivity index (χ4n) is 2.13. The number of rotatable bonds is 4. The number of hydrogen-bond acceptors (Lipinski definition) is 5. The Kier molecular flexibility index (Phi) is 3.71. The van der Waals surface area contributed by atoms with Crippen LogP contribution >= 0.6 is 11.3 Å². The maximum Gasteiger partial charge on any atom is 0.303 e. The SMILES string of the molecule is O=C(O)CCC1CCCCN1c1nncs1. The summed E-state index contributed by atoms with van der Waals surface area (Å²) in [4.78, 5) is 12.8. The van der Waals surface area contributed by atoms with Crippen LogP contribution in [0.4, 0.5) is 5.13 Å². The number of aliphatic carboxylic acids is 1. The zero-order valence-corrected chi connectivity index (χ0v) is 9.82. The molecule has 2 heterocycles. The molecule has 1 aromatic rings. The summed E-state index contributed by atoms with van der Waals surface area (Å²) in [6.45, 7) is 0.972. The van der Waals surface area contributed by atoms with E-state index in [9.17, 15) is 4.79 Å². The van der Waals surface area contributed by atoms with Gasteiger partial charge < -0.3 is 10.0 Å². The van der Waals surface area contributed by atoms with E-state index in [0.717, 1.165) is 24.5 Å². The van der Waals surface area contributed by atoms with Crippen LogP contribution < -0.4 is 4.90 Å². The van der Waals surface area contributed by atoms with Gasteiger partial charge in [0.2, 0.25) is 5.13 Å². The van der Waals surface area contributed by atoms with Gasteiger partial charge in [-0.1, -0.05) is 11.3 Å². The molecule has 0 bridgehead atoms. The Balaban J connectivity index is 2.00. The van der Waals surface area contributed by atoms with E-state index in [1.165, 1.54) is 17.8 Å². The first-order valence-electron chi connectivity index (χ1n) is 5.52. The number of carboxylic acids is 1. The zero-order chi connectivity index (χ0) is 11.4. The molecule has 0 spiro atoms. The average Bonchev–Trinajstić information content (AvgIpc) is 2.80. The summed E-state index contributed by atoms with van der Waals surface area (Å²) in [7, 11) is 0. The molecule has 1 unspecified atom stereocenters. The molecule has 1 aromatic heterocycles. The lowest BCUT2D eigenvalue weighted by molar-refractivity contribution is -0.137. The van der Waals surface area contributed by atoms with Crippen molar-refractivity contribution in [2.75, 3.05) is 11.4 Å². The van der Waals surface area contributed by atoms with Crippen molar-refractivity contribution in [3.63, 3.8) is 0 Å². The second kappa shape index (κ2) is 5.25. The topological polar surface area (TPSA) is 66.3 Å². The van der Waals surface area contributed by atoms with Crippen LogP contribution in [-0.4, -0.2) is 33.9 Å². The van der Waals surface area contributed by atoms with Gasteiger partial charge in [0.15, 0.2) is 0 Å². The fourth-order valence-corrected chi connectivity index (χ4v) is 2.79. The highest BCUT2D eigenvalue weighted by Crippen LogP contribution is 2.27. The number of piperidine rings is 1. The number of anilines is 1. The molecule has 0 amide bonds. The Morgan fingerprint density at radius 1 is 1.62 bits per heavy atom. The monoisotopic (exact) mass is 241 g/mol. The van der Waals surface area contributed by atoms with Crippen molar-refractivity contribution in [2.24, 2.45) is 0 Å². The summed E-state index contributed by atoms with van der Waals surface area (Å²) in [6, 6.07) is 0.317. The molecule has 2 rings (SSSR count). The van der Waals surface area contributed by atoms with Crippen LogP contribution in [0.25, 0.3) is 0 Å². The van der Waals surface area contributed by atoms with E-state index in [0.29, 0.717) is 12.5 Å². The van der Waals surface area contributed by atoms with E-state index in [1.807, 2.05) is 0 Å². The van der Waals surface area contributed by atoms with Gasteiger partial charge in [-0.3, -0.25) is 4.79 Å². The maximum absolute atomic E-state index is 10.6. The third-order valence-corrected chi connectivity index (χ3v) is 3.64. The molecule has 1 aliphatic heterocycles. The average molecular weight is 241 g/mol. The molecule has 1 fully saturated rings. The molecule has 6 heteroatoms. The van der Waals surface area contributed by atoms with Crippen molar-refractivity contribution in [1.29, 1.82) is 0 Å². The predicted molar refractivity (Wildman–Crippen MR) is 61.8 cm³/mol. The van der Waals surface area contributed by atoms with Crippen molar-refractivity contribution in [2.45, 2.75) is 38.1 Å². The Bertz CT molecular complexity index is 342. The number of aromatic nitrogens is 2. The van der Waals surface area contributed by atoms with E-state index in [4.69, 9.17) is 5.11 Å². The Hall–Kier alpha value is -1.17. The normalized spacial score (nSPS) is 21.0. The standard InChI is InChI=1S/C10H15N3O2S/c14-9(15)5-4-8-3-1-2-6-13(8)10-12-11-7-16-10/h7-8H,1-6H2,(H,14,15). The lowest BCUT2D eigenvalue weighted by atomic mass is 9.98. The molecule has 1 saturated heterocycles. The smallest absolute Gasteiger partial charge is 0.303 e. The molecule has 5 nitrogen and oxygen atoms in total. The van der Waals surface area contributed by atoms with Crippen molar-refractivity contribution >= 4 is 22.4 Å². The summed E-state index contributed by atoms with van der Waals surface area (Å²) in [5, 5.41) is 17.5. The number of carboxylic acid groups (broad SMARTS) is 1. The van der Waals surface area contributed by atoms with E-state index >= 15 is 0 Å². The van der Waals surface area contributed by atoms with Gasteiger partial charge in [0, 0.05) is 19.0 Å². The summed E-state index contributed by atoms with van der Waals surface area (Å²) in [6.07, 6.45) is 4.34. The summed E-state index contributed by atoms with van der Waals surface area (Å²) in [5.74, 6) is -0.720. The van der Waals surface area contributed by atoms with Gasteiger partial charge in [0.25, 0.3) is 0 Å². The molecule has 0 radical (unpaired) electrons. The Morgan fingerprint density at radius 2 is 2.50 bits per heavy atom. The van der Waals surface area contributed by atoms with Crippen LogP contribution in [-0.2, 0) is 4.79 Å². The van der Waals surface area contributed by atoms with Crippen LogP contribution in [0.3, 0.4) is 0 Å². The van der Waals surface area contributed by atoms with Crippen LogP contribution in [0.15, 0.2) is 5.51 Å². The van der Waals surface area contributed by atoms with Crippen molar-refractivity contribution in [3.05, 3.63) is 5.51 Å². The quantitative estimate of drug-likeness (QED) is 0.870. The highest BCUT2D eigenvalue weighted by Gasteiger charge is 2.24. The van der Waals surface area contributed by atoms with Gasteiger partial charge in [0.1, 0.15) is 5.51 Å². The van der Waals surface area contributed by atoms with Gasteiger partial charge in [-0.2, -0.15) is 0 Å². The zero-order valence-electron chi connectivity index (χ0n) is 9.00. The molecule has 0 aliphatic carbocycles.